The van der Waals surface area contributed by atoms with Crippen molar-refractivity contribution in [2.45, 2.75) is 33.1 Å². The van der Waals surface area contributed by atoms with Gasteiger partial charge < -0.3 is 0 Å². The average Bonchev–Trinajstić information content (AvgIpc) is 1.62. The van der Waals surface area contributed by atoms with Crippen LogP contribution >= 0.6 is 0 Å². The van der Waals surface area contributed by atoms with Crippen molar-refractivity contribution >= 4 is 0 Å². The van der Waals surface area contributed by atoms with Crippen LogP contribution in [0.15, 0.2) is 24.3 Å². The third-order valence-corrected chi connectivity index (χ3v) is 1.33. The minimum absolute atomic E-state index is 0. The highest BCUT2D eigenvalue weighted by atomic mass is 13.9. The summed E-state index contributed by atoms with van der Waals surface area (Å²) in [5, 5.41) is 0. The van der Waals surface area contributed by atoms with E-state index in [1.807, 2.05) is 0 Å². The molecule has 0 radical (unpaired) electrons. The Morgan fingerprint density at radius 1 is 0.556 bits per heavy atom. The molecule has 0 heterocycles. The van der Waals surface area contributed by atoms with Gasteiger partial charge in [-0.25, -0.2) is 0 Å². The molecule has 1 rings (SSSR count). The second-order valence-corrected chi connectivity index (χ2v) is 2.10. The third-order valence-electron chi connectivity index (χ3n) is 1.33. The molecule has 0 aromatic heterocycles. The lowest BCUT2D eigenvalue weighted by atomic mass is 10.1. The highest BCUT2D eigenvalue weighted by Gasteiger charge is 1.81. The zero-order valence-corrected chi connectivity index (χ0v) is 5.14. The van der Waals surface area contributed by atoms with Gasteiger partial charge in [-0.3, -0.25) is 0 Å². The van der Waals surface area contributed by atoms with Crippen LogP contribution in [0.1, 0.15) is 33.1 Å². The van der Waals surface area contributed by atoms with Crippen LogP contribution in [-0.2, 0) is 0 Å². The molecule has 0 saturated heterocycles. The van der Waals surface area contributed by atoms with E-state index in [2.05, 4.69) is 24.3 Å². The first-order chi connectivity index (χ1) is 4.00. The topological polar surface area (TPSA) is 0 Å². The second kappa shape index (κ2) is 5.61. The maximum Gasteiger partial charge on any atom is -0.0316 e. The SMILES string of the molecule is C.C1=CCCC=CCC1. The summed E-state index contributed by atoms with van der Waals surface area (Å²) in [4.78, 5) is 0. The van der Waals surface area contributed by atoms with E-state index in [0.29, 0.717) is 0 Å². The number of hydrogen-bond acceptors (Lipinski definition) is 0. The molecule has 1 aliphatic rings. The number of rotatable bonds is 0. The second-order valence-electron chi connectivity index (χ2n) is 2.10. The van der Waals surface area contributed by atoms with E-state index in [1.165, 1.54) is 25.7 Å². The van der Waals surface area contributed by atoms with Crippen LogP contribution in [0.3, 0.4) is 0 Å². The fraction of sp³-hybridized carbons (Fsp3) is 0.556. The van der Waals surface area contributed by atoms with Gasteiger partial charge in [0.05, 0.1) is 0 Å². The van der Waals surface area contributed by atoms with Gasteiger partial charge in [0.25, 0.3) is 0 Å². The average molecular weight is 124 g/mol. The first-order valence-electron chi connectivity index (χ1n) is 3.30. The predicted molar refractivity (Wildman–Crippen MR) is 43.5 cm³/mol. The molecule has 0 amide bonds. The van der Waals surface area contributed by atoms with Gasteiger partial charge in [0.15, 0.2) is 0 Å². The van der Waals surface area contributed by atoms with E-state index in [0.717, 1.165) is 0 Å². The molecule has 0 spiro atoms. The number of allylic oxidation sites excluding steroid dienone is 4. The zero-order chi connectivity index (χ0) is 5.66. The first kappa shape index (κ1) is 8.48. The molecule has 0 heteroatoms. The van der Waals surface area contributed by atoms with Crippen molar-refractivity contribution in [2.75, 3.05) is 0 Å². The van der Waals surface area contributed by atoms with Gasteiger partial charge in [-0.05, 0) is 25.7 Å². The van der Waals surface area contributed by atoms with Crippen molar-refractivity contribution < 1.29 is 0 Å². The maximum atomic E-state index is 2.27. The van der Waals surface area contributed by atoms with E-state index in [1.54, 1.807) is 0 Å². The summed E-state index contributed by atoms with van der Waals surface area (Å²) >= 11 is 0. The van der Waals surface area contributed by atoms with Crippen LogP contribution in [0, 0.1) is 0 Å². The fourth-order valence-electron chi connectivity index (χ4n) is 0.856. The molecule has 9 heavy (non-hydrogen) atoms. The summed E-state index contributed by atoms with van der Waals surface area (Å²) in [6.07, 6.45) is 14.0. The summed E-state index contributed by atoms with van der Waals surface area (Å²) in [5.41, 5.74) is 0. The molecule has 0 aromatic carbocycles. The van der Waals surface area contributed by atoms with Crippen molar-refractivity contribution in [1.82, 2.24) is 0 Å². The van der Waals surface area contributed by atoms with Crippen LogP contribution in [0.4, 0.5) is 0 Å². The van der Waals surface area contributed by atoms with Crippen LogP contribution < -0.4 is 0 Å². The van der Waals surface area contributed by atoms with E-state index in [4.69, 9.17) is 0 Å². The van der Waals surface area contributed by atoms with Crippen LogP contribution in [-0.4, -0.2) is 0 Å². The monoisotopic (exact) mass is 124 g/mol. The lowest BCUT2D eigenvalue weighted by molar-refractivity contribution is 0.962. The Morgan fingerprint density at radius 3 is 1.00 bits per heavy atom. The summed E-state index contributed by atoms with van der Waals surface area (Å²) in [6, 6.07) is 0. The Hall–Kier alpha value is -0.520. The molecular formula is C9H16. The highest BCUT2D eigenvalue weighted by Crippen LogP contribution is 2.02. The summed E-state index contributed by atoms with van der Waals surface area (Å²) in [6.45, 7) is 0. The van der Waals surface area contributed by atoms with Crippen LogP contribution in [0.5, 0.6) is 0 Å². The fourth-order valence-corrected chi connectivity index (χ4v) is 0.856. The standard InChI is InChI=1S/C8H12.CH4/c1-2-4-6-8-7-5-3-1;/h1-2,7-8H,3-6H2;1H4. The zero-order valence-electron chi connectivity index (χ0n) is 5.14. The Balaban J connectivity index is 0.000000640. The van der Waals surface area contributed by atoms with Crippen molar-refractivity contribution in [1.29, 1.82) is 0 Å². The van der Waals surface area contributed by atoms with Gasteiger partial charge in [-0.2, -0.15) is 0 Å². The Bertz CT molecular complexity index is 72.6. The summed E-state index contributed by atoms with van der Waals surface area (Å²) in [7, 11) is 0. The lowest BCUT2D eigenvalue weighted by Crippen LogP contribution is -1.71. The van der Waals surface area contributed by atoms with E-state index < -0.39 is 0 Å². The van der Waals surface area contributed by atoms with E-state index in [9.17, 15) is 0 Å². The third kappa shape index (κ3) is 4.01. The van der Waals surface area contributed by atoms with E-state index >= 15 is 0 Å². The van der Waals surface area contributed by atoms with Crippen molar-refractivity contribution in [3.8, 4) is 0 Å². The molecule has 0 atom stereocenters. The Morgan fingerprint density at radius 2 is 0.778 bits per heavy atom. The van der Waals surface area contributed by atoms with Gasteiger partial charge >= 0.3 is 0 Å². The molecule has 1 aliphatic carbocycles. The van der Waals surface area contributed by atoms with Crippen LogP contribution in [0.25, 0.3) is 0 Å². The van der Waals surface area contributed by atoms with Crippen molar-refractivity contribution in [2.24, 2.45) is 0 Å². The predicted octanol–water partition coefficient (Wildman–Crippen LogP) is 3.31. The molecule has 0 aromatic rings. The molecular weight excluding hydrogens is 108 g/mol. The molecule has 0 bridgehead atoms. The van der Waals surface area contributed by atoms with E-state index in [-0.39, 0.29) is 7.43 Å². The molecule has 0 unspecified atom stereocenters. The molecule has 0 fully saturated rings. The minimum Gasteiger partial charge on any atom is -0.0882 e. The molecule has 0 nitrogen and oxygen atoms in total. The largest absolute Gasteiger partial charge is 0.0882 e. The van der Waals surface area contributed by atoms with Gasteiger partial charge in [0.1, 0.15) is 0 Å². The summed E-state index contributed by atoms with van der Waals surface area (Å²) in [5.74, 6) is 0. The minimum atomic E-state index is 0. The normalized spacial score (nSPS) is 17.8. The van der Waals surface area contributed by atoms with Crippen LogP contribution in [0.2, 0.25) is 0 Å². The smallest absolute Gasteiger partial charge is 0.0316 e. The summed E-state index contributed by atoms with van der Waals surface area (Å²) < 4.78 is 0. The quantitative estimate of drug-likeness (QED) is 0.434. The Labute approximate surface area is 58.3 Å². The van der Waals surface area contributed by atoms with Crippen molar-refractivity contribution in [3.63, 3.8) is 0 Å². The number of hydrogen-bond donors (Lipinski definition) is 0. The highest BCUT2D eigenvalue weighted by molar-refractivity contribution is 4.93. The molecule has 0 aliphatic heterocycles. The molecule has 0 N–H and O–H groups in total. The molecule has 52 valence electrons. The van der Waals surface area contributed by atoms with Gasteiger partial charge in [0, 0.05) is 0 Å². The van der Waals surface area contributed by atoms with Gasteiger partial charge in [-0.1, -0.05) is 31.7 Å². The lowest BCUT2D eigenvalue weighted by Gasteiger charge is -1.92. The maximum absolute atomic E-state index is 2.27. The van der Waals surface area contributed by atoms with Gasteiger partial charge in [-0.15, -0.1) is 0 Å². The van der Waals surface area contributed by atoms with Crippen molar-refractivity contribution in [3.05, 3.63) is 24.3 Å². The first-order valence-corrected chi connectivity index (χ1v) is 3.30. The van der Waals surface area contributed by atoms with Gasteiger partial charge in [0.2, 0.25) is 0 Å². The molecule has 0 saturated carbocycles. The Kier molecular flexibility index (Phi) is 5.29.